The first kappa shape index (κ1) is 11.2. The maximum absolute atomic E-state index is 12.0. The van der Waals surface area contributed by atoms with E-state index in [-0.39, 0.29) is 11.0 Å². The summed E-state index contributed by atoms with van der Waals surface area (Å²) < 4.78 is 28.3. The van der Waals surface area contributed by atoms with E-state index in [4.69, 9.17) is 0 Å². The highest BCUT2D eigenvalue weighted by Crippen LogP contribution is 2.30. The molecule has 14 heavy (non-hydrogen) atoms. The van der Waals surface area contributed by atoms with E-state index in [0.29, 0.717) is 5.03 Å². The molecule has 1 rings (SSSR count). The Labute approximate surface area is 85.7 Å². The summed E-state index contributed by atoms with van der Waals surface area (Å²) in [6, 6.07) is 3.06. The normalized spacial score (nSPS) is 11.0. The second-order valence-electron chi connectivity index (χ2n) is 2.85. The fourth-order valence-corrected chi connectivity index (χ4v) is 1.67. The molecule has 5 heteroatoms. The standard InChI is InChI=1S/C9H11F2NOS/c1-6(2)14-8-7(13-9(10)11)4-3-5-12-8/h3-6,9H,1-2H3. The van der Waals surface area contributed by atoms with Crippen LogP contribution in [0.1, 0.15) is 13.8 Å². The van der Waals surface area contributed by atoms with Crippen LogP contribution in [0.3, 0.4) is 0 Å². The predicted octanol–water partition coefficient (Wildman–Crippen LogP) is 3.18. The molecule has 0 amide bonds. The van der Waals surface area contributed by atoms with Crippen molar-refractivity contribution in [3.63, 3.8) is 0 Å². The van der Waals surface area contributed by atoms with Crippen molar-refractivity contribution >= 4 is 11.8 Å². The summed E-state index contributed by atoms with van der Waals surface area (Å²) in [6.45, 7) is 1.13. The average molecular weight is 219 g/mol. The van der Waals surface area contributed by atoms with Crippen molar-refractivity contribution in [2.24, 2.45) is 0 Å². The Hall–Kier alpha value is -0.840. The zero-order valence-electron chi connectivity index (χ0n) is 7.91. The van der Waals surface area contributed by atoms with Crippen molar-refractivity contribution in [1.29, 1.82) is 0 Å². The van der Waals surface area contributed by atoms with Gasteiger partial charge >= 0.3 is 6.61 Å². The number of rotatable bonds is 4. The molecule has 78 valence electrons. The minimum atomic E-state index is -2.80. The Morgan fingerprint density at radius 1 is 1.43 bits per heavy atom. The molecule has 0 aliphatic rings. The molecule has 1 heterocycles. The predicted molar refractivity (Wildman–Crippen MR) is 51.9 cm³/mol. The summed E-state index contributed by atoms with van der Waals surface area (Å²) in [6.07, 6.45) is 1.56. The lowest BCUT2D eigenvalue weighted by molar-refractivity contribution is -0.0520. The van der Waals surface area contributed by atoms with Gasteiger partial charge in [-0.05, 0) is 12.1 Å². The number of hydrogen-bond donors (Lipinski definition) is 0. The number of alkyl halides is 2. The fraction of sp³-hybridized carbons (Fsp3) is 0.444. The SMILES string of the molecule is CC(C)Sc1ncccc1OC(F)F. The third-order valence-electron chi connectivity index (χ3n) is 1.30. The first-order valence-electron chi connectivity index (χ1n) is 4.16. The van der Waals surface area contributed by atoms with Crippen molar-refractivity contribution in [2.75, 3.05) is 0 Å². The minimum absolute atomic E-state index is 0.140. The number of pyridine rings is 1. The minimum Gasteiger partial charge on any atom is -0.432 e. The first-order valence-corrected chi connectivity index (χ1v) is 5.04. The number of ether oxygens (including phenoxy) is 1. The fourth-order valence-electron chi connectivity index (χ4n) is 0.874. The number of aromatic nitrogens is 1. The zero-order valence-corrected chi connectivity index (χ0v) is 8.72. The second-order valence-corrected chi connectivity index (χ2v) is 4.42. The summed E-state index contributed by atoms with van der Waals surface area (Å²) in [7, 11) is 0. The Bertz CT molecular complexity index is 265. The molecule has 0 aliphatic heterocycles. The van der Waals surface area contributed by atoms with Crippen LogP contribution in [-0.4, -0.2) is 16.8 Å². The van der Waals surface area contributed by atoms with Gasteiger partial charge in [-0.25, -0.2) is 4.98 Å². The van der Waals surface area contributed by atoms with Crippen LogP contribution in [-0.2, 0) is 0 Å². The highest BCUT2D eigenvalue weighted by atomic mass is 32.2. The van der Waals surface area contributed by atoms with Gasteiger partial charge in [0.25, 0.3) is 0 Å². The topological polar surface area (TPSA) is 22.1 Å². The van der Waals surface area contributed by atoms with Gasteiger partial charge in [-0.1, -0.05) is 25.6 Å². The van der Waals surface area contributed by atoms with E-state index in [1.807, 2.05) is 13.8 Å². The third kappa shape index (κ3) is 3.49. The van der Waals surface area contributed by atoms with Gasteiger partial charge in [0.05, 0.1) is 0 Å². The molecule has 0 N–H and O–H groups in total. The molecule has 0 radical (unpaired) electrons. The van der Waals surface area contributed by atoms with Crippen molar-refractivity contribution in [1.82, 2.24) is 4.98 Å². The van der Waals surface area contributed by atoms with Crippen LogP contribution in [0.5, 0.6) is 5.75 Å². The van der Waals surface area contributed by atoms with E-state index in [1.54, 1.807) is 12.3 Å². The molecule has 0 unspecified atom stereocenters. The van der Waals surface area contributed by atoms with E-state index in [2.05, 4.69) is 9.72 Å². The second kappa shape index (κ2) is 5.14. The third-order valence-corrected chi connectivity index (χ3v) is 2.30. The van der Waals surface area contributed by atoms with Crippen molar-refractivity contribution in [3.05, 3.63) is 18.3 Å². The first-order chi connectivity index (χ1) is 6.59. The van der Waals surface area contributed by atoms with Gasteiger partial charge < -0.3 is 4.74 Å². The van der Waals surface area contributed by atoms with Crippen LogP contribution in [0.15, 0.2) is 23.4 Å². The van der Waals surface area contributed by atoms with Crippen molar-refractivity contribution in [3.8, 4) is 5.75 Å². The molecule has 0 saturated carbocycles. The van der Waals surface area contributed by atoms with E-state index < -0.39 is 6.61 Å². The van der Waals surface area contributed by atoms with Crippen LogP contribution in [0, 0.1) is 0 Å². The Morgan fingerprint density at radius 2 is 2.14 bits per heavy atom. The van der Waals surface area contributed by atoms with Crippen LogP contribution in [0.25, 0.3) is 0 Å². The van der Waals surface area contributed by atoms with Gasteiger partial charge in [-0.3, -0.25) is 0 Å². The quantitative estimate of drug-likeness (QED) is 0.726. The molecule has 0 aromatic carbocycles. The number of halogens is 2. The summed E-state index contributed by atoms with van der Waals surface area (Å²) in [4.78, 5) is 3.98. The monoisotopic (exact) mass is 219 g/mol. The van der Waals surface area contributed by atoms with Crippen LogP contribution in [0.2, 0.25) is 0 Å². The summed E-state index contributed by atoms with van der Waals surface area (Å²) in [5.74, 6) is 0.140. The average Bonchev–Trinajstić information content (AvgIpc) is 2.06. The summed E-state index contributed by atoms with van der Waals surface area (Å²) in [5, 5.41) is 0.785. The maximum atomic E-state index is 12.0. The van der Waals surface area contributed by atoms with Crippen molar-refractivity contribution in [2.45, 2.75) is 30.7 Å². The van der Waals surface area contributed by atoms with Gasteiger partial charge in [-0.15, -0.1) is 0 Å². The molecule has 2 nitrogen and oxygen atoms in total. The molecule has 0 atom stereocenters. The van der Waals surface area contributed by atoms with E-state index >= 15 is 0 Å². The maximum Gasteiger partial charge on any atom is 0.387 e. The van der Waals surface area contributed by atoms with Crippen LogP contribution >= 0.6 is 11.8 Å². The van der Waals surface area contributed by atoms with Gasteiger partial charge in [0.2, 0.25) is 0 Å². The van der Waals surface area contributed by atoms with Gasteiger partial charge in [-0.2, -0.15) is 8.78 Å². The number of hydrogen-bond acceptors (Lipinski definition) is 3. The molecule has 0 fully saturated rings. The zero-order chi connectivity index (χ0) is 10.6. The van der Waals surface area contributed by atoms with E-state index in [1.165, 1.54) is 17.8 Å². The molecule has 1 aromatic heterocycles. The molecule has 0 spiro atoms. The molecule has 0 saturated heterocycles. The summed E-state index contributed by atoms with van der Waals surface area (Å²) >= 11 is 1.40. The Kier molecular flexibility index (Phi) is 4.13. The number of thioether (sulfide) groups is 1. The van der Waals surface area contributed by atoms with Crippen LogP contribution in [0.4, 0.5) is 8.78 Å². The lowest BCUT2D eigenvalue weighted by atomic mass is 10.5. The van der Waals surface area contributed by atoms with Crippen molar-refractivity contribution < 1.29 is 13.5 Å². The molecule has 1 aromatic rings. The highest BCUT2D eigenvalue weighted by Gasteiger charge is 2.11. The molecule has 0 bridgehead atoms. The molecule has 0 aliphatic carbocycles. The lowest BCUT2D eigenvalue weighted by Gasteiger charge is -2.10. The Morgan fingerprint density at radius 3 is 2.71 bits per heavy atom. The highest BCUT2D eigenvalue weighted by molar-refractivity contribution is 7.99. The lowest BCUT2D eigenvalue weighted by Crippen LogP contribution is -2.04. The number of nitrogens with zero attached hydrogens (tertiary/aromatic N) is 1. The van der Waals surface area contributed by atoms with E-state index in [9.17, 15) is 8.78 Å². The van der Waals surface area contributed by atoms with Crippen LogP contribution < -0.4 is 4.74 Å². The largest absolute Gasteiger partial charge is 0.432 e. The van der Waals surface area contributed by atoms with Gasteiger partial charge in [0.15, 0.2) is 5.75 Å². The van der Waals surface area contributed by atoms with Gasteiger partial charge in [0.1, 0.15) is 5.03 Å². The Balaban J connectivity index is 2.80. The van der Waals surface area contributed by atoms with Gasteiger partial charge in [0, 0.05) is 11.4 Å². The van der Waals surface area contributed by atoms with E-state index in [0.717, 1.165) is 0 Å². The smallest absolute Gasteiger partial charge is 0.387 e. The molecular weight excluding hydrogens is 208 g/mol. The molecular formula is C9H11F2NOS. The summed E-state index contributed by atoms with van der Waals surface area (Å²) in [5.41, 5.74) is 0.